The molecule has 1 amide bonds. The molecule has 1 aromatic rings. The number of rotatable bonds is 10. The summed E-state index contributed by atoms with van der Waals surface area (Å²) in [5, 5.41) is 11.6. The number of thioether (sulfide) groups is 1. The molecule has 0 aliphatic heterocycles. The third-order valence-electron chi connectivity index (χ3n) is 3.16. The fraction of sp³-hybridized carbons (Fsp3) is 0.500. The molecule has 0 bridgehead atoms. The predicted octanol–water partition coefficient (Wildman–Crippen LogP) is 2.56. The van der Waals surface area contributed by atoms with E-state index in [1.165, 1.54) is 11.8 Å². The Morgan fingerprint density at radius 2 is 1.96 bits per heavy atom. The highest BCUT2D eigenvalue weighted by molar-refractivity contribution is 7.99. The summed E-state index contributed by atoms with van der Waals surface area (Å²) < 4.78 is 10.4. The lowest BCUT2D eigenvalue weighted by atomic mass is 10.1. The van der Waals surface area contributed by atoms with Crippen LogP contribution in [-0.4, -0.2) is 43.0 Å². The largest absolute Gasteiger partial charge is 0.493 e. The molecular weight excluding hydrogens is 318 g/mol. The number of amides is 1. The summed E-state index contributed by atoms with van der Waals surface area (Å²) in [7, 11) is 3.14. The maximum absolute atomic E-state index is 11.8. The Balaban J connectivity index is 2.47. The van der Waals surface area contributed by atoms with E-state index in [9.17, 15) is 9.59 Å². The number of carboxylic acid groups (broad SMARTS) is 1. The fourth-order valence-corrected chi connectivity index (χ4v) is 2.86. The van der Waals surface area contributed by atoms with Gasteiger partial charge in [0.25, 0.3) is 0 Å². The van der Waals surface area contributed by atoms with Crippen LogP contribution in [0.25, 0.3) is 0 Å². The van der Waals surface area contributed by atoms with E-state index >= 15 is 0 Å². The monoisotopic (exact) mass is 341 g/mol. The van der Waals surface area contributed by atoms with Crippen molar-refractivity contribution >= 4 is 23.6 Å². The molecule has 0 aliphatic rings. The number of aliphatic carboxylic acids is 1. The first-order chi connectivity index (χ1) is 11.0. The van der Waals surface area contributed by atoms with Gasteiger partial charge in [-0.25, -0.2) is 4.79 Å². The average Bonchev–Trinajstić information content (AvgIpc) is 2.54. The Kier molecular flexibility index (Phi) is 8.32. The van der Waals surface area contributed by atoms with E-state index in [4.69, 9.17) is 14.6 Å². The van der Waals surface area contributed by atoms with Gasteiger partial charge in [-0.3, -0.25) is 4.79 Å². The van der Waals surface area contributed by atoms with Gasteiger partial charge in [-0.1, -0.05) is 13.3 Å². The summed E-state index contributed by atoms with van der Waals surface area (Å²) >= 11 is 1.50. The Morgan fingerprint density at radius 1 is 1.26 bits per heavy atom. The predicted molar refractivity (Wildman–Crippen MR) is 89.4 cm³/mol. The molecular formula is C16H23NO5S. The van der Waals surface area contributed by atoms with Crippen LogP contribution in [0.3, 0.4) is 0 Å². The normalized spacial score (nSPS) is 11.6. The van der Waals surface area contributed by atoms with Gasteiger partial charge >= 0.3 is 5.97 Å². The van der Waals surface area contributed by atoms with Gasteiger partial charge in [-0.2, -0.15) is 0 Å². The van der Waals surface area contributed by atoms with Crippen molar-refractivity contribution in [1.29, 1.82) is 0 Å². The molecule has 6 nitrogen and oxygen atoms in total. The molecule has 0 heterocycles. The minimum atomic E-state index is -0.993. The SMILES string of the molecule is CCCC(NC(=O)CCSc1ccc(OC)c(OC)c1)C(=O)O. The van der Waals surface area contributed by atoms with Crippen LogP contribution in [-0.2, 0) is 9.59 Å². The van der Waals surface area contributed by atoms with Crippen molar-refractivity contribution in [3.8, 4) is 11.5 Å². The van der Waals surface area contributed by atoms with Crippen LogP contribution in [0.2, 0.25) is 0 Å². The molecule has 0 radical (unpaired) electrons. The molecule has 1 rings (SSSR count). The second kappa shape index (κ2) is 9.99. The van der Waals surface area contributed by atoms with Crippen LogP contribution in [0.1, 0.15) is 26.2 Å². The van der Waals surface area contributed by atoms with Gasteiger partial charge in [-0.05, 0) is 24.6 Å². The Labute approximate surface area is 140 Å². The van der Waals surface area contributed by atoms with Crippen LogP contribution in [0.5, 0.6) is 11.5 Å². The summed E-state index contributed by atoms with van der Waals surface area (Å²) in [5.41, 5.74) is 0. The van der Waals surface area contributed by atoms with Crippen molar-refractivity contribution in [2.24, 2.45) is 0 Å². The molecule has 0 saturated carbocycles. The van der Waals surface area contributed by atoms with E-state index in [2.05, 4.69) is 5.32 Å². The lowest BCUT2D eigenvalue weighted by molar-refractivity contribution is -0.142. The zero-order valence-electron chi connectivity index (χ0n) is 13.6. The summed E-state index contributed by atoms with van der Waals surface area (Å²) in [5.74, 6) is 0.598. The molecule has 2 N–H and O–H groups in total. The van der Waals surface area contributed by atoms with Gasteiger partial charge < -0.3 is 19.9 Å². The quantitative estimate of drug-likeness (QED) is 0.636. The highest BCUT2D eigenvalue weighted by atomic mass is 32.2. The van der Waals surface area contributed by atoms with Crippen molar-refractivity contribution in [2.75, 3.05) is 20.0 Å². The van der Waals surface area contributed by atoms with Crippen molar-refractivity contribution in [1.82, 2.24) is 5.32 Å². The maximum Gasteiger partial charge on any atom is 0.326 e. The number of carbonyl (C=O) groups is 2. The van der Waals surface area contributed by atoms with E-state index in [0.717, 1.165) is 4.90 Å². The van der Waals surface area contributed by atoms with E-state index < -0.39 is 12.0 Å². The zero-order chi connectivity index (χ0) is 17.2. The zero-order valence-corrected chi connectivity index (χ0v) is 14.4. The van der Waals surface area contributed by atoms with Crippen molar-refractivity contribution in [3.63, 3.8) is 0 Å². The Hall–Kier alpha value is -1.89. The third kappa shape index (κ3) is 6.40. The lowest BCUT2D eigenvalue weighted by Gasteiger charge is -2.13. The summed E-state index contributed by atoms with van der Waals surface area (Å²) in [6, 6.07) is 4.74. The molecule has 0 saturated heterocycles. The molecule has 23 heavy (non-hydrogen) atoms. The van der Waals surface area contributed by atoms with Gasteiger partial charge in [0.2, 0.25) is 5.91 Å². The summed E-state index contributed by atoms with van der Waals surface area (Å²) in [6.07, 6.45) is 1.40. The van der Waals surface area contributed by atoms with Crippen molar-refractivity contribution in [3.05, 3.63) is 18.2 Å². The second-order valence-electron chi connectivity index (χ2n) is 4.86. The first-order valence-corrected chi connectivity index (χ1v) is 8.37. The Bertz CT molecular complexity index is 535. The minimum Gasteiger partial charge on any atom is -0.493 e. The van der Waals surface area contributed by atoms with Crippen molar-refractivity contribution in [2.45, 2.75) is 37.1 Å². The van der Waals surface area contributed by atoms with Crippen LogP contribution in [0.15, 0.2) is 23.1 Å². The second-order valence-corrected chi connectivity index (χ2v) is 6.03. The van der Waals surface area contributed by atoms with E-state index in [1.807, 2.05) is 25.1 Å². The van der Waals surface area contributed by atoms with Crippen LogP contribution < -0.4 is 14.8 Å². The molecule has 128 valence electrons. The number of nitrogens with one attached hydrogen (secondary N) is 1. The number of benzene rings is 1. The lowest BCUT2D eigenvalue weighted by Crippen LogP contribution is -2.40. The summed E-state index contributed by atoms with van der Waals surface area (Å²) in [6.45, 7) is 1.88. The molecule has 0 aliphatic carbocycles. The summed E-state index contributed by atoms with van der Waals surface area (Å²) in [4.78, 5) is 23.8. The first-order valence-electron chi connectivity index (χ1n) is 7.38. The number of carbonyl (C=O) groups excluding carboxylic acids is 1. The van der Waals surface area contributed by atoms with Crippen LogP contribution in [0.4, 0.5) is 0 Å². The van der Waals surface area contributed by atoms with Crippen molar-refractivity contribution < 1.29 is 24.2 Å². The fourth-order valence-electron chi connectivity index (χ4n) is 1.98. The molecule has 7 heteroatoms. The Morgan fingerprint density at radius 3 is 2.52 bits per heavy atom. The van der Waals surface area contributed by atoms with E-state index in [1.54, 1.807) is 14.2 Å². The molecule has 1 unspecified atom stereocenters. The number of ether oxygens (including phenoxy) is 2. The van der Waals surface area contributed by atoms with Gasteiger partial charge in [0.1, 0.15) is 6.04 Å². The average molecular weight is 341 g/mol. The topological polar surface area (TPSA) is 84.9 Å². The van der Waals surface area contributed by atoms with Crippen LogP contribution >= 0.6 is 11.8 Å². The minimum absolute atomic E-state index is 0.251. The number of hydrogen-bond donors (Lipinski definition) is 2. The van der Waals surface area contributed by atoms with Gasteiger partial charge in [0.05, 0.1) is 14.2 Å². The first kappa shape index (κ1) is 19.2. The number of carboxylic acids is 1. The van der Waals surface area contributed by atoms with Gasteiger partial charge in [0, 0.05) is 17.1 Å². The molecule has 0 aromatic heterocycles. The molecule has 1 aromatic carbocycles. The van der Waals surface area contributed by atoms with E-state index in [-0.39, 0.29) is 12.3 Å². The molecule has 1 atom stereocenters. The smallest absolute Gasteiger partial charge is 0.326 e. The van der Waals surface area contributed by atoms with E-state index in [0.29, 0.717) is 30.1 Å². The van der Waals surface area contributed by atoms with Gasteiger partial charge in [-0.15, -0.1) is 11.8 Å². The van der Waals surface area contributed by atoms with Crippen LogP contribution in [0, 0.1) is 0 Å². The highest BCUT2D eigenvalue weighted by Gasteiger charge is 2.18. The number of hydrogen-bond acceptors (Lipinski definition) is 5. The standard InChI is InChI=1S/C16H23NO5S/c1-4-5-12(16(19)20)17-15(18)8-9-23-11-6-7-13(21-2)14(10-11)22-3/h6-7,10,12H,4-5,8-9H2,1-3H3,(H,17,18)(H,19,20). The maximum atomic E-state index is 11.8. The molecule has 0 fully saturated rings. The third-order valence-corrected chi connectivity index (χ3v) is 4.16. The molecule has 0 spiro atoms. The van der Waals surface area contributed by atoms with Gasteiger partial charge in [0.15, 0.2) is 11.5 Å². The number of methoxy groups -OCH3 is 2. The highest BCUT2D eigenvalue weighted by Crippen LogP contribution is 2.31.